The van der Waals surface area contributed by atoms with Gasteiger partial charge in [0.05, 0.1) is 0 Å². The molecule has 0 radical (unpaired) electrons. The van der Waals surface area contributed by atoms with Crippen LogP contribution in [-0.4, -0.2) is 27.5 Å². The first-order chi connectivity index (χ1) is 8.99. The quantitative estimate of drug-likeness (QED) is 0.867. The number of sulfonamides is 1. The number of hydrogen-bond acceptors (Lipinski definition) is 3. The van der Waals surface area contributed by atoms with E-state index in [1.807, 2.05) is 0 Å². The zero-order chi connectivity index (χ0) is 13.9. The van der Waals surface area contributed by atoms with E-state index in [4.69, 9.17) is 0 Å². The first kappa shape index (κ1) is 17.3. The number of benzene rings is 1. The van der Waals surface area contributed by atoms with Gasteiger partial charge in [-0.05, 0) is 37.9 Å². The minimum Gasteiger partial charge on any atom is -0.314 e. The Labute approximate surface area is 123 Å². The fourth-order valence-electron chi connectivity index (χ4n) is 2.14. The van der Waals surface area contributed by atoms with Crippen LogP contribution in [0.5, 0.6) is 0 Å². The van der Waals surface area contributed by atoms with E-state index < -0.39 is 26.6 Å². The van der Waals surface area contributed by atoms with Crippen molar-refractivity contribution < 1.29 is 17.2 Å². The summed E-state index contributed by atoms with van der Waals surface area (Å²) in [5.74, 6) is -1.88. The molecule has 0 bridgehead atoms. The summed E-state index contributed by atoms with van der Waals surface area (Å²) in [4.78, 5) is -0.520. The predicted molar refractivity (Wildman–Crippen MR) is 74.4 cm³/mol. The molecule has 0 unspecified atom stereocenters. The molecule has 2 N–H and O–H groups in total. The Kier molecular flexibility index (Phi) is 6.32. The highest BCUT2D eigenvalue weighted by molar-refractivity contribution is 7.89. The molecule has 20 heavy (non-hydrogen) atoms. The summed E-state index contributed by atoms with van der Waals surface area (Å²) in [6.45, 7) is 1.18. The lowest BCUT2D eigenvalue weighted by molar-refractivity contribution is 0.528. The second-order valence-corrected chi connectivity index (χ2v) is 6.29. The number of nitrogens with one attached hydrogen (secondary N) is 2. The van der Waals surface area contributed by atoms with E-state index in [1.54, 1.807) is 0 Å². The van der Waals surface area contributed by atoms with Crippen molar-refractivity contribution >= 4 is 22.4 Å². The van der Waals surface area contributed by atoms with Gasteiger partial charge in [-0.1, -0.05) is 0 Å². The minimum atomic E-state index is -3.92. The van der Waals surface area contributed by atoms with Crippen LogP contribution in [0.3, 0.4) is 0 Å². The molecule has 1 heterocycles. The van der Waals surface area contributed by atoms with E-state index in [0.717, 1.165) is 31.5 Å². The van der Waals surface area contributed by atoms with Crippen molar-refractivity contribution in [2.45, 2.75) is 30.2 Å². The van der Waals surface area contributed by atoms with Crippen molar-refractivity contribution in [2.24, 2.45) is 0 Å². The molecular weight excluding hydrogens is 310 g/mol. The molecule has 8 heteroatoms. The fraction of sp³-hybridized carbons (Fsp3) is 0.500. The third-order valence-electron chi connectivity index (χ3n) is 3.13. The van der Waals surface area contributed by atoms with Gasteiger partial charge in [0.25, 0.3) is 0 Å². The van der Waals surface area contributed by atoms with Crippen LogP contribution in [0, 0.1) is 11.6 Å². The van der Waals surface area contributed by atoms with Gasteiger partial charge in [0.1, 0.15) is 16.5 Å². The van der Waals surface area contributed by atoms with Crippen LogP contribution in [-0.2, 0) is 10.0 Å². The monoisotopic (exact) mass is 326 g/mol. The van der Waals surface area contributed by atoms with Crippen LogP contribution in [0.1, 0.15) is 19.3 Å². The topological polar surface area (TPSA) is 58.2 Å². The third kappa shape index (κ3) is 4.37. The highest BCUT2D eigenvalue weighted by Gasteiger charge is 2.20. The van der Waals surface area contributed by atoms with Crippen LogP contribution >= 0.6 is 12.4 Å². The van der Waals surface area contributed by atoms with Gasteiger partial charge in [0, 0.05) is 18.7 Å². The fourth-order valence-corrected chi connectivity index (χ4v) is 3.25. The van der Waals surface area contributed by atoms with Gasteiger partial charge in [-0.15, -0.1) is 12.4 Å². The standard InChI is InChI=1S/C12H16F2N2O2S.ClH/c13-9-3-4-12(11(14)8-9)19(17,18)16-7-5-10-2-1-6-15-10;/h3-4,8,10,15-16H,1-2,5-7H2;1H/t10-;/m1./s1. The maximum Gasteiger partial charge on any atom is 0.243 e. The van der Waals surface area contributed by atoms with Crippen molar-refractivity contribution in [2.75, 3.05) is 13.1 Å². The lowest BCUT2D eigenvalue weighted by atomic mass is 10.2. The molecule has 1 aliphatic rings. The van der Waals surface area contributed by atoms with Gasteiger partial charge < -0.3 is 5.32 Å². The zero-order valence-corrected chi connectivity index (χ0v) is 12.4. The Morgan fingerprint density at radius 1 is 1.35 bits per heavy atom. The summed E-state index contributed by atoms with van der Waals surface area (Å²) >= 11 is 0. The Bertz CT molecular complexity index is 548. The second-order valence-electron chi connectivity index (χ2n) is 4.55. The Morgan fingerprint density at radius 2 is 2.10 bits per heavy atom. The molecule has 2 rings (SSSR count). The van der Waals surface area contributed by atoms with E-state index in [9.17, 15) is 17.2 Å². The Morgan fingerprint density at radius 3 is 2.70 bits per heavy atom. The predicted octanol–water partition coefficient (Wildman–Crippen LogP) is 1.81. The van der Waals surface area contributed by atoms with E-state index in [-0.39, 0.29) is 19.0 Å². The summed E-state index contributed by atoms with van der Waals surface area (Å²) in [6, 6.07) is 2.73. The molecule has 0 aliphatic carbocycles. The largest absolute Gasteiger partial charge is 0.314 e. The van der Waals surface area contributed by atoms with E-state index in [1.165, 1.54) is 0 Å². The van der Waals surface area contributed by atoms with Crippen molar-refractivity contribution in [1.82, 2.24) is 10.0 Å². The van der Waals surface area contributed by atoms with Gasteiger partial charge in [0.15, 0.2) is 0 Å². The normalized spacial score (nSPS) is 18.8. The summed E-state index contributed by atoms with van der Waals surface area (Å²) in [7, 11) is -3.92. The van der Waals surface area contributed by atoms with Gasteiger partial charge in [-0.2, -0.15) is 0 Å². The smallest absolute Gasteiger partial charge is 0.243 e. The molecule has 0 aromatic heterocycles. The SMILES string of the molecule is Cl.O=S(=O)(NCC[C@H]1CCCN1)c1ccc(F)cc1F. The summed E-state index contributed by atoms with van der Waals surface area (Å²) in [5, 5.41) is 3.24. The lowest BCUT2D eigenvalue weighted by Crippen LogP contribution is -2.31. The van der Waals surface area contributed by atoms with Crippen LogP contribution in [0.25, 0.3) is 0 Å². The number of hydrogen-bond donors (Lipinski definition) is 2. The average molecular weight is 327 g/mol. The zero-order valence-electron chi connectivity index (χ0n) is 10.7. The lowest BCUT2D eigenvalue weighted by Gasteiger charge is -2.11. The van der Waals surface area contributed by atoms with Crippen LogP contribution in [0.15, 0.2) is 23.1 Å². The number of rotatable bonds is 5. The van der Waals surface area contributed by atoms with Gasteiger partial charge >= 0.3 is 0 Å². The Hall–Kier alpha value is -0.760. The molecule has 1 fully saturated rings. The molecule has 114 valence electrons. The molecule has 4 nitrogen and oxygen atoms in total. The molecule has 1 aromatic carbocycles. The molecular formula is C12H17ClF2N2O2S. The van der Waals surface area contributed by atoms with E-state index >= 15 is 0 Å². The highest BCUT2D eigenvalue weighted by Crippen LogP contribution is 2.15. The summed E-state index contributed by atoms with van der Waals surface area (Å²) in [6.07, 6.45) is 2.76. The first-order valence-corrected chi connectivity index (χ1v) is 7.65. The van der Waals surface area contributed by atoms with Crippen molar-refractivity contribution in [3.63, 3.8) is 0 Å². The molecule has 1 aromatic rings. The molecule has 1 saturated heterocycles. The highest BCUT2D eigenvalue weighted by atomic mass is 35.5. The molecule has 0 amide bonds. The van der Waals surface area contributed by atoms with Crippen LogP contribution in [0.4, 0.5) is 8.78 Å². The van der Waals surface area contributed by atoms with Crippen LogP contribution < -0.4 is 10.0 Å². The van der Waals surface area contributed by atoms with Gasteiger partial charge in [-0.3, -0.25) is 0 Å². The number of halogens is 3. The second kappa shape index (κ2) is 7.31. The van der Waals surface area contributed by atoms with Crippen molar-refractivity contribution in [3.8, 4) is 0 Å². The average Bonchev–Trinajstić information content (AvgIpc) is 2.81. The molecule has 0 spiro atoms. The first-order valence-electron chi connectivity index (χ1n) is 6.17. The molecule has 1 atom stereocenters. The van der Waals surface area contributed by atoms with Crippen molar-refractivity contribution in [3.05, 3.63) is 29.8 Å². The Balaban J connectivity index is 0.00000200. The van der Waals surface area contributed by atoms with E-state index in [0.29, 0.717) is 18.5 Å². The van der Waals surface area contributed by atoms with E-state index in [2.05, 4.69) is 10.0 Å². The van der Waals surface area contributed by atoms with Crippen molar-refractivity contribution in [1.29, 1.82) is 0 Å². The molecule has 0 saturated carbocycles. The molecule has 1 aliphatic heterocycles. The van der Waals surface area contributed by atoms with Crippen LogP contribution in [0.2, 0.25) is 0 Å². The summed E-state index contributed by atoms with van der Waals surface area (Å²) < 4.78 is 52.2. The van der Waals surface area contributed by atoms with Gasteiger partial charge in [-0.25, -0.2) is 21.9 Å². The minimum absolute atomic E-state index is 0. The summed E-state index contributed by atoms with van der Waals surface area (Å²) in [5.41, 5.74) is 0. The van der Waals surface area contributed by atoms with Gasteiger partial charge in [0.2, 0.25) is 10.0 Å². The maximum absolute atomic E-state index is 13.4. The maximum atomic E-state index is 13.4. The third-order valence-corrected chi connectivity index (χ3v) is 4.62.